The van der Waals surface area contributed by atoms with Crippen molar-refractivity contribution in [3.63, 3.8) is 0 Å². The zero-order valence-corrected chi connectivity index (χ0v) is 14.8. The zero-order valence-electron chi connectivity index (χ0n) is 14.0. The first kappa shape index (κ1) is 16.9. The number of benzene rings is 1. The van der Waals surface area contributed by atoms with Gasteiger partial charge in [-0.15, -0.1) is 0 Å². The fourth-order valence-electron chi connectivity index (χ4n) is 3.42. The minimum Gasteiger partial charge on any atom is -0.379 e. The van der Waals surface area contributed by atoms with Gasteiger partial charge in [0.1, 0.15) is 0 Å². The standard InChI is InChI=1S/C17H26N2O3S/c1-3-17(2)13-18(14-17)12-15-6-4-5-7-16(15)23(20,21)19-8-10-22-11-9-19/h4-7H,3,8-14H2,1-2H3. The molecule has 0 aliphatic carbocycles. The minimum atomic E-state index is -3.43. The lowest BCUT2D eigenvalue weighted by molar-refractivity contribution is 0.00560. The van der Waals surface area contributed by atoms with Crippen molar-refractivity contribution in [1.82, 2.24) is 9.21 Å². The van der Waals surface area contributed by atoms with Gasteiger partial charge < -0.3 is 4.74 Å². The van der Waals surface area contributed by atoms with Crippen LogP contribution in [0, 0.1) is 5.41 Å². The van der Waals surface area contributed by atoms with Crippen LogP contribution in [0.1, 0.15) is 25.8 Å². The Morgan fingerprint density at radius 1 is 1.17 bits per heavy atom. The molecule has 0 spiro atoms. The maximum absolute atomic E-state index is 12.9. The van der Waals surface area contributed by atoms with E-state index in [1.165, 1.54) is 0 Å². The lowest BCUT2D eigenvalue weighted by Crippen LogP contribution is -2.53. The topological polar surface area (TPSA) is 49.9 Å². The van der Waals surface area contributed by atoms with E-state index in [4.69, 9.17) is 4.74 Å². The van der Waals surface area contributed by atoms with Crippen LogP contribution in [0.25, 0.3) is 0 Å². The molecule has 128 valence electrons. The summed E-state index contributed by atoms with van der Waals surface area (Å²) in [5.41, 5.74) is 1.29. The second-order valence-electron chi connectivity index (χ2n) is 6.93. The quantitative estimate of drug-likeness (QED) is 0.823. The van der Waals surface area contributed by atoms with E-state index < -0.39 is 10.0 Å². The molecule has 2 fully saturated rings. The van der Waals surface area contributed by atoms with Crippen molar-refractivity contribution in [2.24, 2.45) is 5.41 Å². The van der Waals surface area contributed by atoms with E-state index in [0.29, 0.717) is 43.2 Å². The molecular formula is C17H26N2O3S. The van der Waals surface area contributed by atoms with Crippen molar-refractivity contribution in [3.05, 3.63) is 29.8 Å². The Kier molecular flexibility index (Phi) is 4.78. The SMILES string of the molecule is CCC1(C)CN(Cc2ccccc2S(=O)(=O)N2CCOCC2)C1. The van der Waals surface area contributed by atoms with Crippen molar-refractivity contribution < 1.29 is 13.2 Å². The van der Waals surface area contributed by atoms with Crippen molar-refractivity contribution in [1.29, 1.82) is 0 Å². The summed E-state index contributed by atoms with van der Waals surface area (Å²) < 4.78 is 32.7. The highest BCUT2D eigenvalue weighted by Crippen LogP contribution is 2.35. The first-order chi connectivity index (χ1) is 10.9. The average Bonchev–Trinajstić information content (AvgIpc) is 2.54. The number of morpholine rings is 1. The number of rotatable bonds is 5. The zero-order chi connectivity index (χ0) is 16.5. The lowest BCUT2D eigenvalue weighted by atomic mass is 9.79. The largest absolute Gasteiger partial charge is 0.379 e. The number of hydrogen-bond donors (Lipinski definition) is 0. The van der Waals surface area contributed by atoms with Gasteiger partial charge in [0.2, 0.25) is 10.0 Å². The first-order valence-corrected chi connectivity index (χ1v) is 9.77. The molecule has 0 aromatic heterocycles. The predicted molar refractivity (Wildman–Crippen MR) is 89.7 cm³/mol. The Morgan fingerprint density at radius 3 is 2.48 bits per heavy atom. The van der Waals surface area contributed by atoms with E-state index in [2.05, 4.69) is 18.7 Å². The summed E-state index contributed by atoms with van der Waals surface area (Å²) in [6.45, 7) is 9.11. The number of ether oxygens (including phenoxy) is 1. The Bertz CT molecular complexity index is 648. The molecule has 6 heteroatoms. The highest BCUT2D eigenvalue weighted by molar-refractivity contribution is 7.89. The summed E-state index contributed by atoms with van der Waals surface area (Å²) in [4.78, 5) is 2.78. The third kappa shape index (κ3) is 3.45. The molecule has 2 heterocycles. The summed E-state index contributed by atoms with van der Waals surface area (Å²) in [5.74, 6) is 0. The lowest BCUT2D eigenvalue weighted by Gasteiger charge is -2.48. The molecule has 0 N–H and O–H groups in total. The molecular weight excluding hydrogens is 312 g/mol. The maximum Gasteiger partial charge on any atom is 0.243 e. The Labute approximate surface area is 139 Å². The number of nitrogens with zero attached hydrogens (tertiary/aromatic N) is 2. The van der Waals surface area contributed by atoms with E-state index in [9.17, 15) is 8.42 Å². The van der Waals surface area contributed by atoms with Gasteiger partial charge in [-0.2, -0.15) is 4.31 Å². The second kappa shape index (κ2) is 6.51. The van der Waals surface area contributed by atoms with E-state index in [1.807, 2.05) is 18.2 Å². The first-order valence-electron chi connectivity index (χ1n) is 8.33. The second-order valence-corrected chi connectivity index (χ2v) is 8.84. The fraction of sp³-hybridized carbons (Fsp3) is 0.647. The van der Waals surface area contributed by atoms with E-state index in [0.717, 1.165) is 25.1 Å². The normalized spacial score (nSPS) is 22.7. The molecule has 0 saturated carbocycles. The molecule has 0 unspecified atom stereocenters. The molecule has 23 heavy (non-hydrogen) atoms. The van der Waals surface area contributed by atoms with E-state index in [1.54, 1.807) is 10.4 Å². The smallest absolute Gasteiger partial charge is 0.243 e. The van der Waals surface area contributed by atoms with Crippen molar-refractivity contribution >= 4 is 10.0 Å². The summed E-state index contributed by atoms with van der Waals surface area (Å²) >= 11 is 0. The predicted octanol–water partition coefficient (Wildman–Crippen LogP) is 1.94. The van der Waals surface area contributed by atoms with Crippen LogP contribution in [0.2, 0.25) is 0 Å². The molecule has 0 amide bonds. The Balaban J connectivity index is 1.78. The van der Waals surface area contributed by atoms with Crippen LogP contribution >= 0.6 is 0 Å². The molecule has 0 bridgehead atoms. The van der Waals surface area contributed by atoms with Crippen LogP contribution in [0.15, 0.2) is 29.2 Å². The maximum atomic E-state index is 12.9. The number of hydrogen-bond acceptors (Lipinski definition) is 4. The molecule has 1 aromatic carbocycles. The minimum absolute atomic E-state index is 0.387. The van der Waals surface area contributed by atoms with Gasteiger partial charge >= 0.3 is 0 Å². The van der Waals surface area contributed by atoms with Crippen molar-refractivity contribution in [3.8, 4) is 0 Å². The van der Waals surface area contributed by atoms with Crippen LogP contribution in [0.4, 0.5) is 0 Å². The van der Waals surface area contributed by atoms with Gasteiger partial charge in [-0.25, -0.2) is 8.42 Å². The summed E-state index contributed by atoms with van der Waals surface area (Å²) in [5, 5.41) is 0. The highest BCUT2D eigenvalue weighted by atomic mass is 32.2. The molecule has 3 rings (SSSR count). The van der Waals surface area contributed by atoms with Crippen LogP contribution in [0.5, 0.6) is 0 Å². The van der Waals surface area contributed by atoms with E-state index in [-0.39, 0.29) is 0 Å². The molecule has 2 aliphatic heterocycles. The fourth-order valence-corrected chi connectivity index (χ4v) is 5.04. The van der Waals surface area contributed by atoms with Crippen molar-refractivity contribution in [2.75, 3.05) is 39.4 Å². The average molecular weight is 338 g/mol. The molecule has 0 atom stereocenters. The van der Waals surface area contributed by atoms with Gasteiger partial charge in [0.15, 0.2) is 0 Å². The summed E-state index contributed by atoms with van der Waals surface area (Å²) in [7, 11) is -3.43. The molecule has 2 aliphatic rings. The number of likely N-dealkylation sites (tertiary alicyclic amines) is 1. The van der Waals surface area contributed by atoms with Gasteiger partial charge in [0.25, 0.3) is 0 Å². The summed E-state index contributed by atoms with van der Waals surface area (Å²) in [6.07, 6.45) is 1.16. The van der Waals surface area contributed by atoms with Gasteiger partial charge in [0.05, 0.1) is 18.1 Å². The molecule has 5 nitrogen and oxygen atoms in total. The Morgan fingerprint density at radius 2 is 1.83 bits per heavy atom. The summed E-state index contributed by atoms with van der Waals surface area (Å²) in [6, 6.07) is 7.41. The molecule has 1 aromatic rings. The van der Waals surface area contributed by atoms with Gasteiger partial charge in [-0.1, -0.05) is 32.0 Å². The monoisotopic (exact) mass is 338 g/mol. The molecule has 0 radical (unpaired) electrons. The van der Waals surface area contributed by atoms with Gasteiger partial charge in [-0.05, 0) is 23.5 Å². The van der Waals surface area contributed by atoms with Crippen LogP contribution in [-0.2, 0) is 21.3 Å². The Hall–Kier alpha value is -0.950. The third-order valence-electron chi connectivity index (χ3n) is 5.02. The van der Waals surface area contributed by atoms with Gasteiger partial charge in [-0.3, -0.25) is 4.90 Å². The van der Waals surface area contributed by atoms with Crippen molar-refractivity contribution in [2.45, 2.75) is 31.7 Å². The van der Waals surface area contributed by atoms with Crippen LogP contribution in [-0.4, -0.2) is 57.0 Å². The van der Waals surface area contributed by atoms with E-state index >= 15 is 0 Å². The van der Waals surface area contributed by atoms with Gasteiger partial charge in [0, 0.05) is 32.7 Å². The number of sulfonamides is 1. The highest BCUT2D eigenvalue weighted by Gasteiger charge is 2.37. The van der Waals surface area contributed by atoms with Crippen LogP contribution < -0.4 is 0 Å². The third-order valence-corrected chi connectivity index (χ3v) is 7.02. The molecule has 2 saturated heterocycles. The van der Waals surface area contributed by atoms with Crippen LogP contribution in [0.3, 0.4) is 0 Å².